The lowest BCUT2D eigenvalue weighted by Gasteiger charge is -2.19. The molecule has 3 rings (SSSR count). The summed E-state index contributed by atoms with van der Waals surface area (Å²) in [6, 6.07) is 5.11. The monoisotopic (exact) mass is 324 g/mol. The van der Waals surface area contributed by atoms with E-state index in [1.165, 1.54) is 25.7 Å². The predicted octanol–water partition coefficient (Wildman–Crippen LogP) is 1.78. The Kier molecular flexibility index (Phi) is 5.00. The number of ether oxygens (including phenoxy) is 1. The fraction of sp³-hybridized carbons (Fsp3) is 0.625. The van der Waals surface area contributed by atoms with Crippen LogP contribution in [0.25, 0.3) is 0 Å². The summed E-state index contributed by atoms with van der Waals surface area (Å²) < 4.78 is 32.9. The molecule has 0 aliphatic carbocycles. The van der Waals surface area contributed by atoms with Crippen molar-refractivity contribution in [1.82, 2.24) is 9.62 Å². The van der Waals surface area contributed by atoms with E-state index in [-0.39, 0.29) is 0 Å². The van der Waals surface area contributed by atoms with Gasteiger partial charge in [0.15, 0.2) is 0 Å². The number of fused-ring (bicyclic) bond motifs is 1. The van der Waals surface area contributed by atoms with Gasteiger partial charge in [0.25, 0.3) is 0 Å². The van der Waals surface area contributed by atoms with Crippen LogP contribution in [0.15, 0.2) is 23.1 Å². The van der Waals surface area contributed by atoms with Gasteiger partial charge in [-0.3, -0.25) is 0 Å². The van der Waals surface area contributed by atoms with Crippen molar-refractivity contribution < 1.29 is 13.2 Å². The molecular formula is C16H24N2O3S. The number of sulfonamides is 1. The number of nitrogens with zero attached hydrogens (tertiary/aromatic N) is 1. The SMILES string of the molecule is O=S(=O)(NCCN1CCCCCC1)c1ccc2c(c1)CCO2. The Labute approximate surface area is 132 Å². The van der Waals surface area contributed by atoms with Crippen molar-refractivity contribution in [1.29, 1.82) is 0 Å². The third-order valence-electron chi connectivity index (χ3n) is 4.39. The molecule has 0 amide bonds. The smallest absolute Gasteiger partial charge is 0.240 e. The highest BCUT2D eigenvalue weighted by Gasteiger charge is 2.19. The molecule has 0 radical (unpaired) electrons. The molecule has 1 aromatic carbocycles. The number of hydrogen-bond acceptors (Lipinski definition) is 4. The maximum atomic E-state index is 12.4. The second-order valence-electron chi connectivity index (χ2n) is 6.02. The summed E-state index contributed by atoms with van der Waals surface area (Å²) in [6.07, 6.45) is 5.81. The van der Waals surface area contributed by atoms with E-state index in [2.05, 4.69) is 9.62 Å². The molecule has 5 nitrogen and oxygen atoms in total. The average molecular weight is 324 g/mol. The molecule has 2 aliphatic heterocycles. The first-order chi connectivity index (χ1) is 10.6. The van der Waals surface area contributed by atoms with E-state index in [1.54, 1.807) is 18.2 Å². The second kappa shape index (κ2) is 6.98. The maximum absolute atomic E-state index is 12.4. The van der Waals surface area contributed by atoms with Crippen LogP contribution in [-0.2, 0) is 16.4 Å². The Hall–Kier alpha value is -1.11. The zero-order valence-electron chi connectivity index (χ0n) is 12.9. The number of nitrogens with one attached hydrogen (secondary N) is 1. The molecule has 2 aliphatic rings. The lowest BCUT2D eigenvalue weighted by Crippen LogP contribution is -2.35. The Morgan fingerprint density at radius 3 is 2.68 bits per heavy atom. The second-order valence-corrected chi connectivity index (χ2v) is 7.79. The van der Waals surface area contributed by atoms with Gasteiger partial charge in [-0.15, -0.1) is 0 Å². The van der Waals surface area contributed by atoms with Crippen LogP contribution in [0.2, 0.25) is 0 Å². The first kappa shape index (κ1) is 15.8. The van der Waals surface area contributed by atoms with Gasteiger partial charge in [-0.05, 0) is 49.7 Å². The van der Waals surface area contributed by atoms with Gasteiger partial charge in [0, 0.05) is 19.5 Å². The van der Waals surface area contributed by atoms with Crippen LogP contribution in [0.5, 0.6) is 5.75 Å². The van der Waals surface area contributed by atoms with Gasteiger partial charge in [0.2, 0.25) is 10.0 Å². The molecule has 1 aromatic rings. The van der Waals surface area contributed by atoms with E-state index in [4.69, 9.17) is 4.74 Å². The topological polar surface area (TPSA) is 58.6 Å². The molecule has 0 atom stereocenters. The molecule has 1 fully saturated rings. The summed E-state index contributed by atoms with van der Waals surface area (Å²) in [4.78, 5) is 2.69. The van der Waals surface area contributed by atoms with Crippen molar-refractivity contribution in [2.24, 2.45) is 0 Å². The average Bonchev–Trinajstić information content (AvgIpc) is 2.82. The molecule has 22 heavy (non-hydrogen) atoms. The molecule has 1 saturated heterocycles. The largest absolute Gasteiger partial charge is 0.493 e. The Bertz CT molecular complexity index is 608. The van der Waals surface area contributed by atoms with Crippen LogP contribution in [0.3, 0.4) is 0 Å². The zero-order valence-corrected chi connectivity index (χ0v) is 13.7. The first-order valence-corrected chi connectivity index (χ1v) is 9.61. The van der Waals surface area contributed by atoms with Crippen molar-refractivity contribution in [2.75, 3.05) is 32.8 Å². The lowest BCUT2D eigenvalue weighted by atomic mass is 10.2. The van der Waals surface area contributed by atoms with E-state index in [9.17, 15) is 8.42 Å². The highest BCUT2D eigenvalue weighted by molar-refractivity contribution is 7.89. The molecule has 0 bridgehead atoms. The molecule has 122 valence electrons. The van der Waals surface area contributed by atoms with Gasteiger partial charge in [0.1, 0.15) is 5.75 Å². The fourth-order valence-electron chi connectivity index (χ4n) is 3.11. The van der Waals surface area contributed by atoms with Crippen LogP contribution in [0, 0.1) is 0 Å². The molecular weight excluding hydrogens is 300 g/mol. The third-order valence-corrected chi connectivity index (χ3v) is 5.85. The van der Waals surface area contributed by atoms with Crippen molar-refractivity contribution in [3.05, 3.63) is 23.8 Å². The summed E-state index contributed by atoms with van der Waals surface area (Å²) in [5.74, 6) is 0.809. The predicted molar refractivity (Wildman–Crippen MR) is 85.7 cm³/mol. The van der Waals surface area contributed by atoms with Crippen LogP contribution in [-0.4, -0.2) is 46.1 Å². The fourth-order valence-corrected chi connectivity index (χ4v) is 4.18. The Morgan fingerprint density at radius 1 is 1.14 bits per heavy atom. The number of benzene rings is 1. The summed E-state index contributed by atoms with van der Waals surface area (Å²) in [5.41, 5.74) is 0.982. The van der Waals surface area contributed by atoms with E-state index in [0.29, 0.717) is 18.0 Å². The van der Waals surface area contributed by atoms with Crippen molar-refractivity contribution in [3.8, 4) is 5.75 Å². The van der Waals surface area contributed by atoms with E-state index in [0.717, 1.165) is 37.4 Å². The normalized spacial score (nSPS) is 19.5. The first-order valence-electron chi connectivity index (χ1n) is 8.13. The molecule has 0 spiro atoms. The van der Waals surface area contributed by atoms with Gasteiger partial charge in [0.05, 0.1) is 11.5 Å². The summed E-state index contributed by atoms with van der Waals surface area (Å²) in [6.45, 7) is 4.06. The van der Waals surface area contributed by atoms with Crippen LogP contribution < -0.4 is 9.46 Å². The molecule has 0 saturated carbocycles. The number of likely N-dealkylation sites (tertiary alicyclic amines) is 1. The highest BCUT2D eigenvalue weighted by atomic mass is 32.2. The molecule has 1 N–H and O–H groups in total. The summed E-state index contributed by atoms with van der Waals surface area (Å²) >= 11 is 0. The number of hydrogen-bond donors (Lipinski definition) is 1. The van der Waals surface area contributed by atoms with Crippen LogP contribution in [0.1, 0.15) is 31.2 Å². The van der Waals surface area contributed by atoms with Gasteiger partial charge < -0.3 is 9.64 Å². The molecule has 0 unspecified atom stereocenters. The minimum Gasteiger partial charge on any atom is -0.493 e. The van der Waals surface area contributed by atoms with Gasteiger partial charge in [-0.2, -0.15) is 0 Å². The van der Waals surface area contributed by atoms with Gasteiger partial charge in [-0.1, -0.05) is 12.8 Å². The Balaban J connectivity index is 1.56. The minimum absolute atomic E-state index is 0.340. The van der Waals surface area contributed by atoms with Gasteiger partial charge in [-0.25, -0.2) is 13.1 Å². The lowest BCUT2D eigenvalue weighted by molar-refractivity contribution is 0.290. The summed E-state index contributed by atoms with van der Waals surface area (Å²) in [5, 5.41) is 0. The van der Waals surface area contributed by atoms with E-state index >= 15 is 0 Å². The van der Waals surface area contributed by atoms with Crippen LogP contribution in [0.4, 0.5) is 0 Å². The maximum Gasteiger partial charge on any atom is 0.240 e. The zero-order chi connectivity index (χ0) is 15.4. The molecule has 2 heterocycles. The van der Waals surface area contributed by atoms with Gasteiger partial charge >= 0.3 is 0 Å². The number of rotatable bonds is 5. The highest BCUT2D eigenvalue weighted by Crippen LogP contribution is 2.27. The van der Waals surface area contributed by atoms with Crippen molar-refractivity contribution >= 4 is 10.0 Å². The third kappa shape index (κ3) is 3.80. The minimum atomic E-state index is -3.42. The van der Waals surface area contributed by atoms with E-state index in [1.807, 2.05) is 0 Å². The van der Waals surface area contributed by atoms with E-state index < -0.39 is 10.0 Å². The quantitative estimate of drug-likeness (QED) is 0.897. The summed E-state index contributed by atoms with van der Waals surface area (Å²) in [7, 11) is -3.42. The standard InChI is InChI=1S/C16H24N2O3S/c19-22(20,15-5-6-16-14(13-15)7-12-21-16)17-8-11-18-9-3-1-2-4-10-18/h5-6,13,17H,1-4,7-12H2. The molecule has 0 aromatic heterocycles. The Morgan fingerprint density at radius 2 is 1.91 bits per heavy atom. The molecule has 6 heteroatoms. The van der Waals surface area contributed by atoms with Crippen molar-refractivity contribution in [2.45, 2.75) is 37.0 Å². The van der Waals surface area contributed by atoms with Crippen molar-refractivity contribution in [3.63, 3.8) is 0 Å². The van der Waals surface area contributed by atoms with Crippen LogP contribution >= 0.6 is 0 Å².